The minimum atomic E-state index is 0.329. The molecular weight excluding hydrogens is 152 g/mol. The number of nitrogens with zero attached hydrogens (tertiary/aromatic N) is 1. The average Bonchev–Trinajstić information content (AvgIpc) is 2.14. The van der Waals surface area contributed by atoms with Crippen LogP contribution in [-0.2, 0) is 4.74 Å². The third kappa shape index (κ3) is 4.04. The number of rotatable bonds is 5. The molecule has 12 heavy (non-hydrogen) atoms. The van der Waals surface area contributed by atoms with Crippen molar-refractivity contribution in [3.05, 3.63) is 0 Å². The van der Waals surface area contributed by atoms with Gasteiger partial charge in [-0.15, -0.1) is 0 Å². The monoisotopic (exact) mass is 171 g/mol. The Balaban J connectivity index is 1.91. The standard InChI is InChI=1S/C9H19N2O/c1-2-3-4-10-7-9-8-11-5-6-12-9/h9-10H,2-8H2,1H3. The third-order valence-corrected chi connectivity index (χ3v) is 2.01. The first-order chi connectivity index (χ1) is 5.93. The van der Waals surface area contributed by atoms with Crippen LogP contribution < -0.4 is 10.6 Å². The molecule has 1 saturated heterocycles. The molecular formula is C9H19N2O. The Morgan fingerprint density at radius 2 is 2.50 bits per heavy atom. The summed E-state index contributed by atoms with van der Waals surface area (Å²) >= 11 is 0. The van der Waals surface area contributed by atoms with Gasteiger partial charge in [0.25, 0.3) is 0 Å². The zero-order valence-corrected chi connectivity index (χ0v) is 7.88. The maximum Gasteiger partial charge on any atom is 0.0840 e. The molecule has 0 aromatic heterocycles. The van der Waals surface area contributed by atoms with Crippen molar-refractivity contribution in [2.24, 2.45) is 0 Å². The fourth-order valence-corrected chi connectivity index (χ4v) is 1.26. The van der Waals surface area contributed by atoms with E-state index in [1.165, 1.54) is 12.8 Å². The second-order valence-corrected chi connectivity index (χ2v) is 3.18. The van der Waals surface area contributed by atoms with Crippen molar-refractivity contribution < 1.29 is 4.74 Å². The van der Waals surface area contributed by atoms with Crippen LogP contribution in [0.3, 0.4) is 0 Å². The van der Waals surface area contributed by atoms with Crippen LogP contribution in [0, 0.1) is 0 Å². The van der Waals surface area contributed by atoms with E-state index in [1.807, 2.05) is 0 Å². The molecule has 0 spiro atoms. The summed E-state index contributed by atoms with van der Waals surface area (Å²) in [7, 11) is 0. The van der Waals surface area contributed by atoms with Crippen molar-refractivity contribution in [1.82, 2.24) is 10.6 Å². The van der Waals surface area contributed by atoms with Gasteiger partial charge in [-0.3, -0.25) is 0 Å². The largest absolute Gasteiger partial charge is 0.374 e. The van der Waals surface area contributed by atoms with Gasteiger partial charge in [-0.05, 0) is 13.0 Å². The molecule has 1 atom stereocenters. The minimum absolute atomic E-state index is 0.329. The van der Waals surface area contributed by atoms with Crippen LogP contribution in [0.25, 0.3) is 0 Å². The van der Waals surface area contributed by atoms with Crippen LogP contribution in [0.2, 0.25) is 0 Å². The van der Waals surface area contributed by atoms with Crippen LogP contribution >= 0.6 is 0 Å². The fraction of sp³-hybridized carbons (Fsp3) is 1.00. The van der Waals surface area contributed by atoms with Gasteiger partial charge in [0.1, 0.15) is 0 Å². The Hall–Kier alpha value is -0.120. The lowest BCUT2D eigenvalue weighted by molar-refractivity contribution is 0.0277. The Bertz CT molecular complexity index is 103. The van der Waals surface area contributed by atoms with Crippen LogP contribution in [0.5, 0.6) is 0 Å². The number of morpholine rings is 1. The highest BCUT2D eigenvalue weighted by Gasteiger charge is 2.12. The lowest BCUT2D eigenvalue weighted by Gasteiger charge is -2.22. The fourth-order valence-electron chi connectivity index (χ4n) is 1.26. The first kappa shape index (κ1) is 9.96. The molecule has 1 aliphatic rings. The Morgan fingerprint density at radius 3 is 3.17 bits per heavy atom. The van der Waals surface area contributed by atoms with E-state index >= 15 is 0 Å². The van der Waals surface area contributed by atoms with Crippen LogP contribution in [0.15, 0.2) is 0 Å². The molecule has 3 nitrogen and oxygen atoms in total. The maximum absolute atomic E-state index is 5.50. The number of hydrogen-bond donors (Lipinski definition) is 1. The van der Waals surface area contributed by atoms with Crippen molar-refractivity contribution >= 4 is 0 Å². The molecule has 1 heterocycles. The maximum atomic E-state index is 5.50. The van der Waals surface area contributed by atoms with Crippen LogP contribution in [0.1, 0.15) is 19.8 Å². The Kier molecular flexibility index (Phi) is 5.32. The summed E-state index contributed by atoms with van der Waals surface area (Å²) in [6.07, 6.45) is 2.84. The summed E-state index contributed by atoms with van der Waals surface area (Å²) in [5, 5.41) is 7.66. The summed E-state index contributed by atoms with van der Waals surface area (Å²) in [5.41, 5.74) is 0. The van der Waals surface area contributed by atoms with Crippen molar-refractivity contribution in [2.75, 3.05) is 32.8 Å². The van der Waals surface area contributed by atoms with Gasteiger partial charge < -0.3 is 10.1 Å². The molecule has 0 aromatic rings. The molecule has 1 fully saturated rings. The number of unbranched alkanes of at least 4 members (excludes halogenated alkanes) is 1. The van der Waals surface area contributed by atoms with Crippen molar-refractivity contribution in [3.8, 4) is 0 Å². The van der Waals surface area contributed by atoms with Gasteiger partial charge in [-0.25, -0.2) is 5.32 Å². The summed E-state index contributed by atoms with van der Waals surface area (Å²) in [6, 6.07) is 0. The summed E-state index contributed by atoms with van der Waals surface area (Å²) < 4.78 is 5.50. The van der Waals surface area contributed by atoms with E-state index in [0.29, 0.717) is 6.10 Å². The van der Waals surface area contributed by atoms with Gasteiger partial charge in [0.2, 0.25) is 0 Å². The highest BCUT2D eigenvalue weighted by Crippen LogP contribution is 1.95. The zero-order valence-electron chi connectivity index (χ0n) is 7.88. The van der Waals surface area contributed by atoms with Gasteiger partial charge in [-0.2, -0.15) is 0 Å². The van der Waals surface area contributed by atoms with E-state index < -0.39 is 0 Å². The van der Waals surface area contributed by atoms with Gasteiger partial charge in [-0.1, -0.05) is 13.3 Å². The Morgan fingerprint density at radius 1 is 1.58 bits per heavy atom. The molecule has 0 bridgehead atoms. The first-order valence-electron chi connectivity index (χ1n) is 4.89. The van der Waals surface area contributed by atoms with Crippen LogP contribution in [-0.4, -0.2) is 38.9 Å². The van der Waals surface area contributed by atoms with Crippen LogP contribution in [0.4, 0.5) is 0 Å². The second-order valence-electron chi connectivity index (χ2n) is 3.18. The van der Waals surface area contributed by atoms with E-state index in [4.69, 9.17) is 4.74 Å². The third-order valence-electron chi connectivity index (χ3n) is 2.01. The molecule has 1 N–H and O–H groups in total. The zero-order chi connectivity index (χ0) is 8.65. The molecule has 0 aromatic carbocycles. The molecule has 1 radical (unpaired) electrons. The van der Waals surface area contributed by atoms with E-state index in [1.54, 1.807) is 0 Å². The minimum Gasteiger partial charge on any atom is -0.374 e. The SMILES string of the molecule is CCCCNCC1C[N]CCO1. The van der Waals surface area contributed by atoms with Gasteiger partial charge in [0.15, 0.2) is 0 Å². The van der Waals surface area contributed by atoms with E-state index in [2.05, 4.69) is 17.6 Å². The number of hydrogen-bond acceptors (Lipinski definition) is 2. The topological polar surface area (TPSA) is 35.4 Å². The first-order valence-corrected chi connectivity index (χ1v) is 4.89. The van der Waals surface area contributed by atoms with Gasteiger partial charge >= 0.3 is 0 Å². The molecule has 1 unspecified atom stereocenters. The predicted octanol–water partition coefficient (Wildman–Crippen LogP) is 0.379. The van der Waals surface area contributed by atoms with Gasteiger partial charge in [0, 0.05) is 19.6 Å². The molecule has 0 aliphatic carbocycles. The summed E-state index contributed by atoms with van der Waals surface area (Å²) in [6.45, 7) is 6.83. The predicted molar refractivity (Wildman–Crippen MR) is 49.4 cm³/mol. The van der Waals surface area contributed by atoms with E-state index in [9.17, 15) is 0 Å². The molecule has 3 heteroatoms. The number of nitrogens with one attached hydrogen (secondary N) is 1. The summed E-state index contributed by atoms with van der Waals surface area (Å²) in [4.78, 5) is 0. The normalized spacial score (nSPS) is 24.2. The van der Waals surface area contributed by atoms with Gasteiger partial charge in [0.05, 0.1) is 12.7 Å². The highest BCUT2D eigenvalue weighted by atomic mass is 16.5. The quantitative estimate of drug-likeness (QED) is 0.607. The van der Waals surface area contributed by atoms with Crippen molar-refractivity contribution in [1.29, 1.82) is 0 Å². The lowest BCUT2D eigenvalue weighted by atomic mass is 10.3. The van der Waals surface area contributed by atoms with E-state index in [-0.39, 0.29) is 0 Å². The van der Waals surface area contributed by atoms with Crippen molar-refractivity contribution in [2.45, 2.75) is 25.9 Å². The Labute approximate surface area is 74.9 Å². The molecule has 1 rings (SSSR count). The average molecular weight is 171 g/mol. The molecule has 1 aliphatic heterocycles. The smallest absolute Gasteiger partial charge is 0.0840 e. The lowest BCUT2D eigenvalue weighted by Crippen LogP contribution is -2.41. The molecule has 0 saturated carbocycles. The van der Waals surface area contributed by atoms with Crippen molar-refractivity contribution in [3.63, 3.8) is 0 Å². The molecule has 71 valence electrons. The van der Waals surface area contributed by atoms with E-state index in [0.717, 1.165) is 32.8 Å². The number of ether oxygens (including phenoxy) is 1. The molecule has 0 amide bonds. The summed E-state index contributed by atoms with van der Waals surface area (Å²) in [5.74, 6) is 0. The highest BCUT2D eigenvalue weighted by molar-refractivity contribution is 4.68. The second kappa shape index (κ2) is 6.40.